The number of benzene rings is 2. The first-order valence-corrected chi connectivity index (χ1v) is 21.5. The lowest BCUT2D eigenvalue weighted by Gasteiger charge is -2.18. The number of anilines is 1. The molecule has 0 amide bonds. The van der Waals surface area contributed by atoms with E-state index in [1.165, 1.54) is 36.2 Å². The molecule has 14 heteroatoms. The Morgan fingerprint density at radius 3 is 2.32 bits per heavy atom. The first-order chi connectivity index (χ1) is 23.4. The van der Waals surface area contributed by atoms with E-state index in [1.807, 2.05) is 54.9 Å². The van der Waals surface area contributed by atoms with E-state index in [1.54, 1.807) is 6.07 Å². The van der Waals surface area contributed by atoms with Crippen molar-refractivity contribution in [3.8, 4) is 0 Å². The molecule has 0 bridgehead atoms. The number of fused-ring (bicyclic) bond motifs is 2. The molecule has 2 aromatic carbocycles. The quantitative estimate of drug-likeness (QED) is 0.0500. The van der Waals surface area contributed by atoms with E-state index in [9.17, 15) is 26.2 Å². The van der Waals surface area contributed by atoms with Crippen LogP contribution in [0.5, 0.6) is 0 Å². The van der Waals surface area contributed by atoms with Crippen LogP contribution in [-0.4, -0.2) is 66.6 Å². The van der Waals surface area contributed by atoms with Gasteiger partial charge in [0.05, 0.1) is 16.1 Å². The van der Waals surface area contributed by atoms with Crippen LogP contribution in [0.1, 0.15) is 75.8 Å². The Hall–Kier alpha value is -2.38. The number of carbonyl (C=O) groups is 1. The van der Waals surface area contributed by atoms with Gasteiger partial charge in [-0.25, -0.2) is 0 Å². The summed E-state index contributed by atoms with van der Waals surface area (Å²) < 4.78 is 69.6. The summed E-state index contributed by atoms with van der Waals surface area (Å²) in [4.78, 5) is 13.0. The second-order valence-electron chi connectivity index (χ2n) is 13.0. The highest BCUT2D eigenvalue weighted by Gasteiger charge is 2.44. The number of unbranched alkanes of at least 4 members (excludes halogenated alkanes) is 3. The number of hydrogen-bond donors (Lipinski definition) is 3. The highest BCUT2D eigenvalue weighted by molar-refractivity contribution is 14.1. The van der Waals surface area contributed by atoms with Crippen molar-refractivity contribution in [3.63, 3.8) is 0 Å². The van der Waals surface area contributed by atoms with Crippen molar-refractivity contribution in [1.82, 2.24) is 0 Å². The van der Waals surface area contributed by atoms with E-state index in [0.29, 0.717) is 19.4 Å². The minimum absolute atomic E-state index is 0.191. The Morgan fingerprint density at radius 1 is 0.940 bits per heavy atom. The van der Waals surface area contributed by atoms with Gasteiger partial charge >= 0.3 is 5.97 Å². The molecule has 4 rings (SSSR count). The fourth-order valence-corrected chi connectivity index (χ4v) is 9.91. The lowest BCUT2D eigenvalue weighted by molar-refractivity contribution is -0.438. The summed E-state index contributed by atoms with van der Waals surface area (Å²) in [5.74, 6) is -0.891. The maximum absolute atomic E-state index is 11.9. The molecule has 0 fully saturated rings. The van der Waals surface area contributed by atoms with Gasteiger partial charge in [0.25, 0.3) is 20.2 Å². The van der Waals surface area contributed by atoms with Crippen LogP contribution in [0.2, 0.25) is 0 Å². The average molecular weight is 950 g/mol. The molecule has 50 heavy (non-hydrogen) atoms. The number of aliphatic carboxylic acids is 1. The fourth-order valence-electron chi connectivity index (χ4n) is 6.64. The van der Waals surface area contributed by atoms with Gasteiger partial charge in [0.15, 0.2) is 5.71 Å². The number of hydrogen-bond acceptors (Lipinski definition) is 6. The zero-order valence-corrected chi connectivity index (χ0v) is 34.2. The molecule has 0 aromatic heterocycles. The van der Waals surface area contributed by atoms with Crippen LogP contribution in [0, 0.1) is 7.14 Å². The number of allylic oxidation sites excluding steroid dienone is 8. The predicted molar refractivity (Wildman–Crippen MR) is 214 cm³/mol. The largest absolute Gasteiger partial charge is 0.481 e. The summed E-state index contributed by atoms with van der Waals surface area (Å²) in [6, 6.07) is 8.88. The van der Waals surface area contributed by atoms with E-state index in [0.717, 1.165) is 36.2 Å². The first-order valence-electron chi connectivity index (χ1n) is 16.3. The molecule has 0 radical (unpaired) electrons. The van der Waals surface area contributed by atoms with Crippen LogP contribution in [0.15, 0.2) is 83.5 Å². The standard InChI is InChI=1S/C36H42I2N2O8S2/c1-36(2)28-24-26(50(46,47)48)18-19-31(28)40(20-12-13-21-49(43,44)45)33(36)16-10-6-4-5-9-15-30-27(14-8-7-11-17-34(41)42)35-29(38)22-25(37)23-32(35)39(30)3/h4-6,9-10,15-16,18-19,22-24,27H,7-8,11-14,17,20-21H2,1-3H3,(H2-,41,42,43,44,45,46,47,48)/p+1. The van der Waals surface area contributed by atoms with Gasteiger partial charge in [-0.3, -0.25) is 13.9 Å². The molecule has 10 nitrogen and oxygen atoms in total. The molecule has 2 aromatic rings. The Bertz CT molecular complexity index is 2000. The molecule has 0 saturated carbocycles. The zero-order valence-electron chi connectivity index (χ0n) is 28.2. The maximum atomic E-state index is 11.9. The Balaban J connectivity index is 1.54. The third-order valence-electron chi connectivity index (χ3n) is 9.07. The third-order valence-corrected chi connectivity index (χ3v) is 12.2. The monoisotopic (exact) mass is 949 g/mol. The lowest BCUT2D eigenvalue weighted by atomic mass is 9.81. The fraction of sp³-hybridized carbons (Fsp3) is 0.389. The van der Waals surface area contributed by atoms with E-state index < -0.39 is 31.6 Å². The van der Waals surface area contributed by atoms with E-state index in [2.05, 4.69) is 75.3 Å². The summed E-state index contributed by atoms with van der Waals surface area (Å²) in [5.41, 5.74) is 5.44. The van der Waals surface area contributed by atoms with Crippen LogP contribution in [0.25, 0.3) is 0 Å². The number of carboxylic acids is 1. The van der Waals surface area contributed by atoms with Crippen molar-refractivity contribution < 1.29 is 40.4 Å². The second-order valence-corrected chi connectivity index (χ2v) is 18.4. The number of carboxylic acid groups (broad SMARTS) is 1. The van der Waals surface area contributed by atoms with E-state index in [-0.39, 0.29) is 29.4 Å². The van der Waals surface area contributed by atoms with Gasteiger partial charge in [-0.15, -0.1) is 0 Å². The molecule has 270 valence electrons. The summed E-state index contributed by atoms with van der Waals surface area (Å²) in [5, 5.41) is 9.00. The van der Waals surface area contributed by atoms with Crippen LogP contribution >= 0.6 is 45.2 Å². The smallest absolute Gasteiger partial charge is 0.303 e. The highest BCUT2D eigenvalue weighted by atomic mass is 127. The molecule has 2 heterocycles. The first kappa shape index (κ1) is 40.4. The Morgan fingerprint density at radius 2 is 1.64 bits per heavy atom. The number of likely N-dealkylation sites (N-methyl/N-ethyl adjacent to an activating group) is 1. The molecule has 1 atom stereocenters. The van der Waals surface area contributed by atoms with Crippen molar-refractivity contribution in [3.05, 3.63) is 96.8 Å². The normalized spacial score (nSPS) is 18.3. The summed E-state index contributed by atoms with van der Waals surface area (Å²) in [6.07, 6.45) is 18.1. The highest BCUT2D eigenvalue weighted by Crippen LogP contribution is 2.48. The average Bonchev–Trinajstić information content (AvgIpc) is 3.39. The third kappa shape index (κ3) is 10.1. The maximum Gasteiger partial charge on any atom is 0.303 e. The van der Waals surface area contributed by atoms with Crippen LogP contribution in [0.3, 0.4) is 0 Å². The van der Waals surface area contributed by atoms with Crippen molar-refractivity contribution in [1.29, 1.82) is 0 Å². The predicted octanol–water partition coefficient (Wildman–Crippen LogP) is 8.01. The van der Waals surface area contributed by atoms with Crippen LogP contribution in [-0.2, 0) is 30.4 Å². The molecule has 0 aliphatic carbocycles. The Labute approximate surface area is 322 Å². The van der Waals surface area contributed by atoms with E-state index >= 15 is 0 Å². The van der Waals surface area contributed by atoms with Gasteiger partial charge < -0.3 is 10.0 Å². The second kappa shape index (κ2) is 17.0. The molecular weight excluding hydrogens is 906 g/mol. The van der Waals surface area contributed by atoms with Gasteiger partial charge in [0.1, 0.15) is 6.54 Å². The molecule has 0 saturated heterocycles. The van der Waals surface area contributed by atoms with Crippen molar-refractivity contribution >= 4 is 88.5 Å². The van der Waals surface area contributed by atoms with Crippen molar-refractivity contribution in [2.45, 2.75) is 75.0 Å². The minimum Gasteiger partial charge on any atom is -0.481 e. The van der Waals surface area contributed by atoms with Crippen LogP contribution < -0.4 is 4.90 Å². The molecular formula is C36H43I2N2O8S2+. The summed E-state index contributed by atoms with van der Waals surface area (Å²) >= 11 is 4.75. The van der Waals surface area contributed by atoms with Gasteiger partial charge in [-0.1, -0.05) is 43.2 Å². The van der Waals surface area contributed by atoms with Crippen molar-refractivity contribution in [2.75, 3.05) is 24.2 Å². The molecule has 0 spiro atoms. The molecule has 1 unspecified atom stereocenters. The van der Waals surface area contributed by atoms with E-state index in [4.69, 9.17) is 9.66 Å². The number of rotatable bonds is 16. The van der Waals surface area contributed by atoms with Gasteiger partial charge in [0, 0.05) is 62.0 Å². The van der Waals surface area contributed by atoms with Gasteiger partial charge in [-0.2, -0.15) is 21.4 Å². The zero-order chi connectivity index (χ0) is 36.9. The SMILES string of the molecule is CN1C(=CC=CC=CC=CC2=[N+](CCCCS(=O)(=O)O)c3ccc(S(=O)(=O)O)cc3C2(C)C)C(CCCCCC(=O)O)c2c(I)cc(I)cc21. The Kier molecular flexibility index (Phi) is 13.7. The number of halogens is 2. The summed E-state index contributed by atoms with van der Waals surface area (Å²) in [7, 11) is -6.40. The van der Waals surface area contributed by atoms with Crippen LogP contribution in [0.4, 0.5) is 11.4 Å². The van der Waals surface area contributed by atoms with Gasteiger partial charge in [-0.05, 0) is 114 Å². The molecule has 2 aliphatic heterocycles. The lowest BCUT2D eigenvalue weighted by Crippen LogP contribution is -2.28. The minimum atomic E-state index is -4.41. The topological polar surface area (TPSA) is 152 Å². The number of nitrogens with zero attached hydrogens (tertiary/aromatic N) is 2. The molecule has 3 N–H and O–H groups in total. The summed E-state index contributed by atoms with van der Waals surface area (Å²) in [6.45, 7) is 4.38. The van der Waals surface area contributed by atoms with Crippen molar-refractivity contribution in [2.24, 2.45) is 0 Å². The van der Waals surface area contributed by atoms with Gasteiger partial charge in [0.2, 0.25) is 5.69 Å². The molecule has 2 aliphatic rings.